The molecular weight excluding hydrogens is 281 g/mol. The maximum Gasteiger partial charge on any atom is 0.128 e. The first-order chi connectivity index (χ1) is 10.7. The Balaban J connectivity index is 2.06. The maximum absolute atomic E-state index is 13.9. The Hall–Kier alpha value is -2.53. The molecule has 0 radical (unpaired) electrons. The maximum atomic E-state index is 13.9. The zero-order valence-corrected chi connectivity index (χ0v) is 12.2. The molecule has 0 saturated carbocycles. The van der Waals surface area contributed by atoms with Crippen LogP contribution >= 0.6 is 0 Å². The molecule has 112 valence electrons. The van der Waals surface area contributed by atoms with Crippen molar-refractivity contribution in [2.24, 2.45) is 0 Å². The van der Waals surface area contributed by atoms with Gasteiger partial charge in [0.25, 0.3) is 0 Å². The molecule has 0 spiro atoms. The average molecular weight is 297 g/mol. The van der Waals surface area contributed by atoms with E-state index in [-0.39, 0.29) is 19.0 Å². The van der Waals surface area contributed by atoms with Gasteiger partial charge in [-0.2, -0.15) is 0 Å². The van der Waals surface area contributed by atoms with Crippen LogP contribution in [0, 0.1) is 12.7 Å². The van der Waals surface area contributed by atoms with Gasteiger partial charge in [-0.15, -0.1) is 5.10 Å². The van der Waals surface area contributed by atoms with Gasteiger partial charge in [0.2, 0.25) is 0 Å². The van der Waals surface area contributed by atoms with Gasteiger partial charge in [-0.1, -0.05) is 47.2 Å². The largest absolute Gasteiger partial charge is 0.390 e. The van der Waals surface area contributed by atoms with Gasteiger partial charge in [0.1, 0.15) is 11.5 Å². The number of aryl methyl sites for hydroxylation is 1. The Morgan fingerprint density at radius 2 is 1.95 bits per heavy atom. The number of hydrogen-bond donors (Lipinski definition) is 1. The summed E-state index contributed by atoms with van der Waals surface area (Å²) >= 11 is 0. The lowest BCUT2D eigenvalue weighted by Crippen LogP contribution is -2.06. The molecule has 4 nitrogen and oxygen atoms in total. The van der Waals surface area contributed by atoms with Gasteiger partial charge < -0.3 is 5.11 Å². The van der Waals surface area contributed by atoms with Crippen LogP contribution in [0.4, 0.5) is 4.39 Å². The number of halogens is 1. The number of aliphatic hydroxyl groups is 1. The monoisotopic (exact) mass is 297 g/mol. The van der Waals surface area contributed by atoms with Gasteiger partial charge in [0.15, 0.2) is 0 Å². The molecule has 1 aromatic heterocycles. The van der Waals surface area contributed by atoms with Crippen LogP contribution in [-0.4, -0.2) is 20.1 Å². The third-order valence-corrected chi connectivity index (χ3v) is 3.52. The summed E-state index contributed by atoms with van der Waals surface area (Å²) in [6, 6.07) is 14.4. The number of rotatable bonds is 4. The van der Waals surface area contributed by atoms with Gasteiger partial charge in [0.05, 0.1) is 18.8 Å². The lowest BCUT2D eigenvalue weighted by Gasteiger charge is -2.09. The van der Waals surface area contributed by atoms with Gasteiger partial charge >= 0.3 is 0 Å². The summed E-state index contributed by atoms with van der Waals surface area (Å²) in [6.45, 7) is 2.05. The molecule has 3 aromatic rings. The quantitative estimate of drug-likeness (QED) is 0.805. The van der Waals surface area contributed by atoms with Crippen molar-refractivity contribution >= 4 is 0 Å². The fraction of sp³-hybridized carbons (Fsp3) is 0.176. The molecule has 0 amide bonds. The number of hydrogen-bond acceptors (Lipinski definition) is 3. The van der Waals surface area contributed by atoms with Crippen molar-refractivity contribution < 1.29 is 9.50 Å². The smallest absolute Gasteiger partial charge is 0.128 e. The van der Waals surface area contributed by atoms with Crippen LogP contribution in [0.3, 0.4) is 0 Å². The predicted octanol–water partition coefficient (Wildman–Crippen LogP) is 2.93. The molecule has 0 aliphatic carbocycles. The van der Waals surface area contributed by atoms with Gasteiger partial charge in [-0.25, -0.2) is 9.07 Å². The van der Waals surface area contributed by atoms with Crippen LogP contribution in [0.5, 0.6) is 0 Å². The Labute approximate surface area is 127 Å². The third-order valence-electron chi connectivity index (χ3n) is 3.52. The highest BCUT2D eigenvalue weighted by molar-refractivity contribution is 5.62. The summed E-state index contributed by atoms with van der Waals surface area (Å²) in [4.78, 5) is 0. The first kappa shape index (κ1) is 14.4. The number of aromatic nitrogens is 3. The first-order valence-corrected chi connectivity index (χ1v) is 7.02. The summed E-state index contributed by atoms with van der Waals surface area (Å²) in [7, 11) is 0. The van der Waals surface area contributed by atoms with Crippen LogP contribution in [0.15, 0.2) is 48.5 Å². The van der Waals surface area contributed by atoms with Crippen LogP contribution in [0.1, 0.15) is 16.8 Å². The van der Waals surface area contributed by atoms with E-state index < -0.39 is 0 Å². The Morgan fingerprint density at radius 1 is 1.14 bits per heavy atom. The van der Waals surface area contributed by atoms with Crippen molar-refractivity contribution in [2.45, 2.75) is 20.1 Å². The van der Waals surface area contributed by atoms with E-state index in [1.807, 2.05) is 31.2 Å². The van der Waals surface area contributed by atoms with Crippen LogP contribution < -0.4 is 0 Å². The van der Waals surface area contributed by atoms with E-state index in [2.05, 4.69) is 10.3 Å². The molecule has 0 aliphatic rings. The van der Waals surface area contributed by atoms with Crippen molar-refractivity contribution in [3.63, 3.8) is 0 Å². The minimum atomic E-state index is -0.279. The summed E-state index contributed by atoms with van der Waals surface area (Å²) in [5, 5.41) is 17.6. The van der Waals surface area contributed by atoms with Crippen molar-refractivity contribution in [1.82, 2.24) is 15.0 Å². The minimum absolute atomic E-state index is 0.208. The van der Waals surface area contributed by atoms with Gasteiger partial charge in [0, 0.05) is 11.1 Å². The molecule has 3 rings (SSSR count). The van der Waals surface area contributed by atoms with E-state index >= 15 is 0 Å². The highest BCUT2D eigenvalue weighted by Crippen LogP contribution is 2.24. The first-order valence-electron chi connectivity index (χ1n) is 7.02. The van der Waals surface area contributed by atoms with Gasteiger partial charge in [-0.05, 0) is 19.1 Å². The number of nitrogens with zero attached hydrogens (tertiary/aromatic N) is 3. The molecule has 1 heterocycles. The molecular formula is C17H16FN3O. The predicted molar refractivity (Wildman–Crippen MR) is 81.6 cm³/mol. The Bertz CT molecular complexity index is 798. The van der Waals surface area contributed by atoms with Crippen molar-refractivity contribution in [3.8, 4) is 11.3 Å². The standard InChI is InChI=1S/C17H16FN3O/c1-12-5-4-7-13(9-12)17-16(11-22)19-20-21(17)10-14-6-2-3-8-15(14)18/h2-9,22H,10-11H2,1H3. The van der Waals surface area contributed by atoms with Crippen LogP contribution in [0.25, 0.3) is 11.3 Å². The zero-order chi connectivity index (χ0) is 15.5. The van der Waals surface area contributed by atoms with Gasteiger partial charge in [-0.3, -0.25) is 0 Å². The lowest BCUT2D eigenvalue weighted by atomic mass is 10.1. The molecule has 0 atom stereocenters. The number of benzene rings is 2. The van der Waals surface area contributed by atoms with E-state index in [1.54, 1.807) is 22.9 Å². The highest BCUT2D eigenvalue weighted by atomic mass is 19.1. The van der Waals surface area contributed by atoms with E-state index in [0.29, 0.717) is 11.3 Å². The fourth-order valence-corrected chi connectivity index (χ4v) is 2.46. The third kappa shape index (κ3) is 2.76. The second-order valence-corrected chi connectivity index (χ2v) is 5.16. The van der Waals surface area contributed by atoms with Crippen LogP contribution in [0.2, 0.25) is 0 Å². The molecule has 0 aliphatic heterocycles. The molecule has 0 unspecified atom stereocenters. The molecule has 0 saturated heterocycles. The molecule has 2 aromatic carbocycles. The fourth-order valence-electron chi connectivity index (χ4n) is 2.46. The summed E-state index contributed by atoms with van der Waals surface area (Å²) in [5.74, 6) is -0.279. The van der Waals surface area contributed by atoms with E-state index in [9.17, 15) is 9.50 Å². The topological polar surface area (TPSA) is 50.9 Å². The van der Waals surface area contributed by atoms with E-state index in [4.69, 9.17) is 0 Å². The van der Waals surface area contributed by atoms with Crippen molar-refractivity contribution in [3.05, 3.63) is 71.2 Å². The van der Waals surface area contributed by atoms with E-state index in [0.717, 1.165) is 16.8 Å². The molecule has 5 heteroatoms. The second kappa shape index (κ2) is 6.07. The van der Waals surface area contributed by atoms with Crippen molar-refractivity contribution in [1.29, 1.82) is 0 Å². The Kier molecular flexibility index (Phi) is 3.98. The molecule has 0 fully saturated rings. The normalized spacial score (nSPS) is 10.9. The van der Waals surface area contributed by atoms with Crippen molar-refractivity contribution in [2.75, 3.05) is 0 Å². The molecule has 22 heavy (non-hydrogen) atoms. The lowest BCUT2D eigenvalue weighted by molar-refractivity contribution is 0.277. The number of aliphatic hydroxyl groups excluding tert-OH is 1. The summed E-state index contributed by atoms with van der Waals surface area (Å²) in [6.07, 6.45) is 0. The highest BCUT2D eigenvalue weighted by Gasteiger charge is 2.15. The molecule has 1 N–H and O–H groups in total. The van der Waals surface area contributed by atoms with Crippen LogP contribution in [-0.2, 0) is 13.2 Å². The second-order valence-electron chi connectivity index (χ2n) is 5.16. The molecule has 0 bridgehead atoms. The zero-order valence-electron chi connectivity index (χ0n) is 12.2. The summed E-state index contributed by atoms with van der Waals surface area (Å²) < 4.78 is 15.5. The Morgan fingerprint density at radius 3 is 2.68 bits per heavy atom. The summed E-state index contributed by atoms with van der Waals surface area (Å²) in [5.41, 5.74) is 3.74. The minimum Gasteiger partial charge on any atom is -0.390 e. The SMILES string of the molecule is Cc1cccc(-c2c(CO)nnn2Cc2ccccc2F)c1. The average Bonchev–Trinajstić information content (AvgIpc) is 2.92. The van der Waals surface area contributed by atoms with E-state index in [1.165, 1.54) is 6.07 Å².